The molecule has 0 unspecified atom stereocenters. The highest BCUT2D eigenvalue weighted by atomic mass is 35.5. The summed E-state index contributed by atoms with van der Waals surface area (Å²) in [4.78, 5) is 7.45. The summed E-state index contributed by atoms with van der Waals surface area (Å²) in [6.45, 7) is 2.37. The maximum Gasteiger partial charge on any atom is 0.471 e. The molecule has 120 valence electrons. The van der Waals surface area contributed by atoms with Crippen molar-refractivity contribution in [2.45, 2.75) is 19.6 Å². The number of aromatic nitrogens is 4. The highest BCUT2D eigenvalue weighted by molar-refractivity contribution is 6.31. The summed E-state index contributed by atoms with van der Waals surface area (Å²) in [5.74, 6) is -1.55. The molecule has 2 aromatic heterocycles. The van der Waals surface area contributed by atoms with Crippen LogP contribution in [0.5, 0.6) is 0 Å². The number of nitrogens with zero attached hydrogens (tertiary/aromatic N) is 4. The van der Waals surface area contributed by atoms with Gasteiger partial charge in [-0.2, -0.15) is 18.2 Å². The van der Waals surface area contributed by atoms with Gasteiger partial charge < -0.3 is 9.09 Å². The van der Waals surface area contributed by atoms with Crippen molar-refractivity contribution in [1.29, 1.82) is 0 Å². The van der Waals surface area contributed by atoms with E-state index in [1.54, 1.807) is 18.5 Å². The normalized spacial score (nSPS) is 11.9. The lowest BCUT2D eigenvalue weighted by molar-refractivity contribution is -0.159. The standard InChI is InChI=1S/C14H10ClF3N4O/c1-8-5-22(7-19-8)6-10-3-2-9(4-11(10)15)12-20-13(23-21-12)14(16,17)18/h2-5,7H,6H2,1H3. The van der Waals surface area contributed by atoms with E-state index in [-0.39, 0.29) is 5.82 Å². The van der Waals surface area contributed by atoms with Crippen molar-refractivity contribution in [2.75, 3.05) is 0 Å². The first-order chi connectivity index (χ1) is 10.8. The second kappa shape index (κ2) is 5.69. The van der Waals surface area contributed by atoms with Gasteiger partial charge in [0.15, 0.2) is 0 Å². The smallest absolute Gasteiger partial charge is 0.333 e. The summed E-state index contributed by atoms with van der Waals surface area (Å²) in [6.07, 6.45) is -1.14. The molecule has 0 atom stereocenters. The minimum absolute atomic E-state index is 0.163. The maximum atomic E-state index is 12.5. The van der Waals surface area contributed by atoms with E-state index in [0.717, 1.165) is 11.3 Å². The van der Waals surface area contributed by atoms with Crippen LogP contribution >= 0.6 is 11.6 Å². The van der Waals surface area contributed by atoms with E-state index in [9.17, 15) is 13.2 Å². The van der Waals surface area contributed by atoms with Crippen LogP contribution < -0.4 is 0 Å². The highest BCUT2D eigenvalue weighted by Crippen LogP contribution is 2.30. The van der Waals surface area contributed by atoms with E-state index in [0.29, 0.717) is 17.1 Å². The fourth-order valence-electron chi connectivity index (χ4n) is 2.03. The molecule has 23 heavy (non-hydrogen) atoms. The molecule has 5 nitrogen and oxygen atoms in total. The fourth-order valence-corrected chi connectivity index (χ4v) is 2.27. The molecule has 0 amide bonds. The van der Waals surface area contributed by atoms with Crippen molar-refractivity contribution in [2.24, 2.45) is 0 Å². The first kappa shape index (κ1) is 15.5. The molecule has 0 spiro atoms. The van der Waals surface area contributed by atoms with Gasteiger partial charge in [-0.25, -0.2) is 4.98 Å². The van der Waals surface area contributed by atoms with Crippen molar-refractivity contribution in [1.82, 2.24) is 19.7 Å². The average molecular weight is 343 g/mol. The average Bonchev–Trinajstić information content (AvgIpc) is 3.10. The molecule has 0 aliphatic rings. The molecule has 0 N–H and O–H groups in total. The second-order valence-electron chi connectivity index (χ2n) is 4.91. The molecule has 1 aromatic carbocycles. The Labute approximate surface area is 133 Å². The Morgan fingerprint density at radius 3 is 2.65 bits per heavy atom. The zero-order valence-corrected chi connectivity index (χ0v) is 12.6. The lowest BCUT2D eigenvalue weighted by Crippen LogP contribution is -2.04. The Morgan fingerprint density at radius 2 is 2.09 bits per heavy atom. The predicted octanol–water partition coefficient (Wildman–Crippen LogP) is 3.96. The van der Waals surface area contributed by atoms with Crippen molar-refractivity contribution in [3.05, 3.63) is 52.9 Å². The van der Waals surface area contributed by atoms with Crippen LogP contribution in [0.3, 0.4) is 0 Å². The minimum atomic E-state index is -4.67. The van der Waals surface area contributed by atoms with Gasteiger partial charge >= 0.3 is 12.1 Å². The van der Waals surface area contributed by atoms with Crippen LogP contribution in [0.25, 0.3) is 11.4 Å². The number of hydrogen-bond acceptors (Lipinski definition) is 4. The molecule has 0 aliphatic heterocycles. The highest BCUT2D eigenvalue weighted by Gasteiger charge is 2.38. The third kappa shape index (κ3) is 3.37. The molecule has 3 rings (SSSR count). The van der Waals surface area contributed by atoms with Crippen LogP contribution in [0.15, 0.2) is 35.2 Å². The van der Waals surface area contributed by atoms with E-state index in [4.69, 9.17) is 11.6 Å². The van der Waals surface area contributed by atoms with Gasteiger partial charge in [0.2, 0.25) is 5.82 Å². The summed E-state index contributed by atoms with van der Waals surface area (Å²) in [5, 5.41) is 3.73. The summed E-state index contributed by atoms with van der Waals surface area (Å²) < 4.78 is 43.5. The molecule has 2 heterocycles. The second-order valence-corrected chi connectivity index (χ2v) is 5.32. The Balaban J connectivity index is 1.85. The molecule has 0 bridgehead atoms. The van der Waals surface area contributed by atoms with Gasteiger partial charge in [0.25, 0.3) is 0 Å². The minimum Gasteiger partial charge on any atom is -0.333 e. The molecule has 0 saturated heterocycles. The van der Waals surface area contributed by atoms with Crippen LogP contribution in [-0.2, 0) is 12.7 Å². The summed E-state index contributed by atoms with van der Waals surface area (Å²) >= 11 is 6.19. The fraction of sp³-hybridized carbons (Fsp3) is 0.214. The lowest BCUT2D eigenvalue weighted by atomic mass is 10.1. The van der Waals surface area contributed by atoms with Gasteiger partial charge in [-0.15, -0.1) is 0 Å². The topological polar surface area (TPSA) is 56.7 Å². The van der Waals surface area contributed by atoms with Crippen molar-refractivity contribution < 1.29 is 17.7 Å². The molecular weight excluding hydrogens is 333 g/mol. The first-order valence-corrected chi connectivity index (χ1v) is 6.89. The number of hydrogen-bond donors (Lipinski definition) is 0. The van der Waals surface area contributed by atoms with Gasteiger partial charge in [-0.1, -0.05) is 28.9 Å². The number of imidazole rings is 1. The van der Waals surface area contributed by atoms with Crippen LogP contribution in [0.4, 0.5) is 13.2 Å². The van der Waals surface area contributed by atoms with Crippen molar-refractivity contribution in [3.63, 3.8) is 0 Å². The van der Waals surface area contributed by atoms with E-state index in [1.807, 2.05) is 17.7 Å². The van der Waals surface area contributed by atoms with Crippen LogP contribution in [-0.4, -0.2) is 19.7 Å². The Hall–Kier alpha value is -2.35. The van der Waals surface area contributed by atoms with Gasteiger partial charge in [0, 0.05) is 23.3 Å². The van der Waals surface area contributed by atoms with E-state index in [2.05, 4.69) is 19.6 Å². The largest absolute Gasteiger partial charge is 0.471 e. The summed E-state index contributed by atoms with van der Waals surface area (Å²) in [6, 6.07) is 4.80. The van der Waals surface area contributed by atoms with Crippen molar-refractivity contribution in [3.8, 4) is 11.4 Å². The number of benzene rings is 1. The Bertz CT molecular complexity index is 841. The maximum absolute atomic E-state index is 12.5. The Morgan fingerprint density at radius 1 is 1.30 bits per heavy atom. The third-order valence-electron chi connectivity index (χ3n) is 3.10. The monoisotopic (exact) mass is 342 g/mol. The van der Waals surface area contributed by atoms with E-state index >= 15 is 0 Å². The van der Waals surface area contributed by atoms with E-state index in [1.165, 1.54) is 6.07 Å². The zero-order chi connectivity index (χ0) is 16.6. The van der Waals surface area contributed by atoms with Crippen LogP contribution in [0, 0.1) is 6.92 Å². The zero-order valence-electron chi connectivity index (χ0n) is 11.8. The first-order valence-electron chi connectivity index (χ1n) is 6.51. The van der Waals surface area contributed by atoms with E-state index < -0.39 is 12.1 Å². The lowest BCUT2D eigenvalue weighted by Gasteiger charge is -2.06. The Kier molecular flexibility index (Phi) is 3.85. The third-order valence-corrected chi connectivity index (χ3v) is 3.45. The molecule has 0 fully saturated rings. The van der Waals surface area contributed by atoms with Gasteiger partial charge in [-0.3, -0.25) is 0 Å². The quantitative estimate of drug-likeness (QED) is 0.723. The van der Waals surface area contributed by atoms with Crippen molar-refractivity contribution >= 4 is 11.6 Å². The van der Waals surface area contributed by atoms with Gasteiger partial charge in [0.1, 0.15) is 0 Å². The molecule has 3 aromatic rings. The molecule has 9 heteroatoms. The van der Waals surface area contributed by atoms with Gasteiger partial charge in [0.05, 0.1) is 12.0 Å². The molecular formula is C14H10ClF3N4O. The molecule has 0 saturated carbocycles. The number of halogens is 4. The number of rotatable bonds is 3. The predicted molar refractivity (Wildman–Crippen MR) is 75.8 cm³/mol. The van der Waals surface area contributed by atoms with Crippen LogP contribution in [0.1, 0.15) is 17.1 Å². The number of aryl methyl sites for hydroxylation is 1. The van der Waals surface area contributed by atoms with Gasteiger partial charge in [-0.05, 0) is 18.6 Å². The summed E-state index contributed by atoms with van der Waals surface area (Å²) in [5.41, 5.74) is 2.02. The molecule has 0 aliphatic carbocycles. The van der Waals surface area contributed by atoms with Crippen LogP contribution in [0.2, 0.25) is 5.02 Å². The number of alkyl halides is 3. The summed E-state index contributed by atoms with van der Waals surface area (Å²) in [7, 11) is 0. The SMILES string of the molecule is Cc1cn(Cc2ccc(-c3noc(C(F)(F)F)n3)cc2Cl)cn1. The molecule has 0 radical (unpaired) electrons.